The van der Waals surface area contributed by atoms with E-state index in [0.717, 1.165) is 6.42 Å². The normalized spacial score (nSPS) is 13.0. The maximum absolute atomic E-state index is 12.0. The number of hydrogen-bond donors (Lipinski definition) is 0. The molecule has 0 rings (SSSR count). The molecular formula is C15H30O7Si. The zero-order valence-corrected chi connectivity index (χ0v) is 16.0. The van der Waals surface area contributed by atoms with Crippen LogP contribution in [0.2, 0.25) is 5.54 Å². The number of hydrogen-bond acceptors (Lipinski definition) is 7. The van der Waals surface area contributed by atoms with Crippen LogP contribution in [0.25, 0.3) is 0 Å². The van der Waals surface area contributed by atoms with E-state index in [1.807, 2.05) is 6.92 Å². The van der Waals surface area contributed by atoms with Gasteiger partial charge in [-0.1, -0.05) is 6.92 Å². The van der Waals surface area contributed by atoms with Crippen LogP contribution in [0, 0.1) is 5.92 Å². The van der Waals surface area contributed by atoms with Crippen molar-refractivity contribution in [3.05, 3.63) is 0 Å². The van der Waals surface area contributed by atoms with E-state index in [0.29, 0.717) is 12.8 Å². The fourth-order valence-electron chi connectivity index (χ4n) is 2.57. The van der Waals surface area contributed by atoms with E-state index >= 15 is 0 Å². The van der Waals surface area contributed by atoms with Crippen molar-refractivity contribution in [2.45, 2.75) is 45.6 Å². The summed E-state index contributed by atoms with van der Waals surface area (Å²) in [5.41, 5.74) is -0.0196. The molecule has 0 aliphatic heterocycles. The van der Waals surface area contributed by atoms with Gasteiger partial charge in [0.15, 0.2) is 5.92 Å². The Morgan fingerprint density at radius 2 is 1.26 bits per heavy atom. The number of ether oxygens (including phenoxy) is 2. The van der Waals surface area contributed by atoms with Crippen molar-refractivity contribution in [1.82, 2.24) is 0 Å². The monoisotopic (exact) mass is 350 g/mol. The molecule has 0 spiro atoms. The molecule has 0 aliphatic rings. The Morgan fingerprint density at radius 3 is 1.57 bits per heavy atom. The molecule has 0 aromatic rings. The van der Waals surface area contributed by atoms with Crippen molar-refractivity contribution in [3.8, 4) is 0 Å². The zero-order valence-electron chi connectivity index (χ0n) is 15.0. The molecule has 1 unspecified atom stereocenters. The Labute approximate surface area is 139 Å². The topological polar surface area (TPSA) is 80.3 Å². The van der Waals surface area contributed by atoms with Gasteiger partial charge in [0.05, 0.1) is 13.2 Å². The first-order chi connectivity index (χ1) is 11.0. The Morgan fingerprint density at radius 1 is 0.826 bits per heavy atom. The van der Waals surface area contributed by atoms with Gasteiger partial charge < -0.3 is 22.8 Å². The summed E-state index contributed by atoms with van der Waals surface area (Å²) >= 11 is 0. The molecule has 0 aliphatic carbocycles. The molecule has 0 heterocycles. The Bertz CT molecular complexity index is 331. The van der Waals surface area contributed by atoms with Crippen molar-refractivity contribution in [2.24, 2.45) is 5.92 Å². The second kappa shape index (κ2) is 11.6. The molecular weight excluding hydrogens is 320 g/mol. The molecule has 0 N–H and O–H groups in total. The van der Waals surface area contributed by atoms with Crippen LogP contribution in [0.3, 0.4) is 0 Å². The maximum atomic E-state index is 12.0. The van der Waals surface area contributed by atoms with Crippen LogP contribution in [0.15, 0.2) is 0 Å². The van der Waals surface area contributed by atoms with Crippen LogP contribution < -0.4 is 0 Å². The summed E-state index contributed by atoms with van der Waals surface area (Å²) in [5, 5.41) is 0. The van der Waals surface area contributed by atoms with E-state index < -0.39 is 26.7 Å². The number of esters is 2. The van der Waals surface area contributed by atoms with Crippen molar-refractivity contribution in [3.63, 3.8) is 0 Å². The van der Waals surface area contributed by atoms with Gasteiger partial charge in [-0.15, -0.1) is 0 Å². The summed E-state index contributed by atoms with van der Waals surface area (Å²) in [5.74, 6) is -2.04. The average molecular weight is 350 g/mol. The van der Waals surface area contributed by atoms with Crippen LogP contribution in [-0.2, 0) is 32.3 Å². The first-order valence-corrected chi connectivity index (χ1v) is 9.75. The van der Waals surface area contributed by atoms with Crippen LogP contribution in [0.4, 0.5) is 0 Å². The summed E-state index contributed by atoms with van der Waals surface area (Å²) < 4.78 is 26.5. The van der Waals surface area contributed by atoms with Gasteiger partial charge in [-0.25, -0.2) is 0 Å². The minimum absolute atomic E-state index is 0.0196. The summed E-state index contributed by atoms with van der Waals surface area (Å²) in [7, 11) is 1.83. The van der Waals surface area contributed by atoms with Crippen molar-refractivity contribution in [1.29, 1.82) is 0 Å². The lowest BCUT2D eigenvalue weighted by Crippen LogP contribution is -2.47. The zero-order chi connectivity index (χ0) is 17.9. The lowest BCUT2D eigenvalue weighted by atomic mass is 10.0. The van der Waals surface area contributed by atoms with Gasteiger partial charge in [-0.05, 0) is 33.1 Å². The van der Waals surface area contributed by atoms with E-state index in [2.05, 4.69) is 0 Å². The second-order valence-corrected chi connectivity index (χ2v) is 8.20. The highest BCUT2D eigenvalue weighted by molar-refractivity contribution is 6.62. The van der Waals surface area contributed by atoms with Crippen molar-refractivity contribution >= 4 is 20.7 Å². The minimum atomic E-state index is -2.82. The van der Waals surface area contributed by atoms with Crippen LogP contribution in [0.1, 0.15) is 40.0 Å². The molecule has 0 bridgehead atoms. The van der Waals surface area contributed by atoms with Crippen LogP contribution in [0.5, 0.6) is 0 Å². The SMILES string of the molecule is CCOC(=O)C(CCC(CC)[Si](OC)(OC)OC)C(=O)OCC. The fraction of sp³-hybridized carbons (Fsp3) is 0.867. The summed E-state index contributed by atoms with van der Waals surface area (Å²) in [6, 6.07) is 0. The highest BCUT2D eigenvalue weighted by Gasteiger charge is 2.46. The van der Waals surface area contributed by atoms with Crippen LogP contribution >= 0.6 is 0 Å². The Balaban J connectivity index is 5.05. The van der Waals surface area contributed by atoms with Gasteiger partial charge in [0, 0.05) is 26.9 Å². The predicted octanol–water partition coefficient (Wildman–Crippen LogP) is 2.17. The highest BCUT2D eigenvalue weighted by atomic mass is 28.4. The first-order valence-electron chi connectivity index (χ1n) is 7.94. The number of carbonyl (C=O) groups is 2. The fourth-order valence-corrected chi connectivity index (χ4v) is 5.09. The minimum Gasteiger partial charge on any atom is -0.465 e. The van der Waals surface area contributed by atoms with E-state index in [-0.39, 0.29) is 18.8 Å². The van der Waals surface area contributed by atoms with Crippen LogP contribution in [-0.4, -0.2) is 55.3 Å². The number of rotatable bonds is 12. The van der Waals surface area contributed by atoms with Crippen molar-refractivity contribution < 1.29 is 32.3 Å². The molecule has 23 heavy (non-hydrogen) atoms. The molecule has 0 aromatic heterocycles. The van der Waals surface area contributed by atoms with E-state index in [1.54, 1.807) is 35.2 Å². The third-order valence-corrected chi connectivity index (χ3v) is 7.20. The van der Waals surface area contributed by atoms with E-state index in [1.165, 1.54) is 0 Å². The molecule has 0 radical (unpaired) electrons. The molecule has 1 atom stereocenters. The maximum Gasteiger partial charge on any atom is 0.503 e. The third-order valence-electron chi connectivity index (χ3n) is 3.79. The van der Waals surface area contributed by atoms with Gasteiger partial charge in [0.2, 0.25) is 0 Å². The lowest BCUT2D eigenvalue weighted by Gasteiger charge is -2.32. The van der Waals surface area contributed by atoms with Crippen molar-refractivity contribution in [2.75, 3.05) is 34.5 Å². The summed E-state index contributed by atoms with van der Waals surface area (Å²) in [6.07, 6.45) is 1.60. The molecule has 0 saturated carbocycles. The Kier molecular flexibility index (Phi) is 11.1. The molecule has 0 aromatic carbocycles. The average Bonchev–Trinajstić information content (AvgIpc) is 2.55. The second-order valence-electron chi connectivity index (χ2n) is 4.96. The molecule has 0 fully saturated rings. The van der Waals surface area contributed by atoms with Gasteiger partial charge in [-0.2, -0.15) is 0 Å². The highest BCUT2D eigenvalue weighted by Crippen LogP contribution is 2.33. The van der Waals surface area contributed by atoms with Gasteiger partial charge in [0.1, 0.15) is 0 Å². The molecule has 0 amide bonds. The first kappa shape index (κ1) is 22.0. The summed E-state index contributed by atoms with van der Waals surface area (Å²) in [6.45, 7) is 5.84. The van der Waals surface area contributed by atoms with Gasteiger partial charge in [0.25, 0.3) is 0 Å². The molecule has 8 heteroatoms. The molecule has 136 valence electrons. The largest absolute Gasteiger partial charge is 0.503 e. The van der Waals surface area contributed by atoms with Gasteiger partial charge >= 0.3 is 20.7 Å². The Hall–Kier alpha value is -0.963. The standard InChI is InChI=1S/C15H30O7Si/c1-7-12(23(18-4,19-5)20-6)10-11-13(14(16)21-8-2)15(17)22-9-3/h12-13H,7-11H2,1-6H3. The smallest absolute Gasteiger partial charge is 0.465 e. The van der Waals surface area contributed by atoms with Gasteiger partial charge in [-0.3, -0.25) is 9.59 Å². The molecule has 7 nitrogen and oxygen atoms in total. The predicted molar refractivity (Wildman–Crippen MR) is 86.8 cm³/mol. The quantitative estimate of drug-likeness (QED) is 0.303. The third kappa shape index (κ3) is 6.21. The van der Waals surface area contributed by atoms with E-state index in [9.17, 15) is 9.59 Å². The van der Waals surface area contributed by atoms with E-state index in [4.69, 9.17) is 22.8 Å². The molecule has 0 saturated heterocycles. The summed E-state index contributed by atoms with van der Waals surface area (Å²) in [4.78, 5) is 24.0. The number of carbonyl (C=O) groups excluding carboxylic acids is 2. The lowest BCUT2D eigenvalue weighted by molar-refractivity contribution is -0.162.